The van der Waals surface area contributed by atoms with Gasteiger partial charge in [0.15, 0.2) is 0 Å². The molecule has 0 aliphatic heterocycles. The van der Waals surface area contributed by atoms with Crippen molar-refractivity contribution in [2.75, 3.05) is 0 Å². The van der Waals surface area contributed by atoms with Crippen LogP contribution in [-0.2, 0) is 11.2 Å². The smallest absolute Gasteiger partial charge is 0.251 e. The first-order valence-corrected chi connectivity index (χ1v) is 11.0. The van der Waals surface area contributed by atoms with E-state index < -0.39 is 6.04 Å². The Morgan fingerprint density at radius 1 is 0.576 bits per heavy atom. The number of rotatable bonds is 8. The van der Waals surface area contributed by atoms with Crippen LogP contribution >= 0.6 is 0 Å². The zero-order chi connectivity index (χ0) is 22.9. The summed E-state index contributed by atoms with van der Waals surface area (Å²) in [5.41, 5.74) is 3.45. The average molecular weight is 435 g/mol. The number of hydrogen-bond acceptors (Lipinski definition) is 2. The molecule has 4 aromatic carbocycles. The van der Waals surface area contributed by atoms with E-state index >= 15 is 0 Å². The average Bonchev–Trinajstić information content (AvgIpc) is 2.89. The van der Waals surface area contributed by atoms with Crippen molar-refractivity contribution >= 4 is 11.8 Å². The number of hydrogen-bond donors (Lipinski definition) is 2. The van der Waals surface area contributed by atoms with Crippen LogP contribution in [0.25, 0.3) is 0 Å². The Morgan fingerprint density at radius 3 is 1.55 bits per heavy atom. The van der Waals surface area contributed by atoms with Crippen LogP contribution in [0.3, 0.4) is 0 Å². The maximum Gasteiger partial charge on any atom is 0.251 e. The highest BCUT2D eigenvalue weighted by Gasteiger charge is 2.25. The van der Waals surface area contributed by atoms with Crippen molar-refractivity contribution in [3.05, 3.63) is 144 Å². The summed E-state index contributed by atoms with van der Waals surface area (Å²) in [7, 11) is 0. The largest absolute Gasteiger partial charge is 0.343 e. The summed E-state index contributed by atoms with van der Waals surface area (Å²) in [5.74, 6) is -0.511. The fraction of sp³-hybridized carbons (Fsp3) is 0.103. The van der Waals surface area contributed by atoms with E-state index in [1.807, 2.05) is 109 Å². The Labute approximate surface area is 194 Å². The van der Waals surface area contributed by atoms with E-state index in [4.69, 9.17) is 0 Å². The highest BCUT2D eigenvalue weighted by Crippen LogP contribution is 2.22. The Morgan fingerprint density at radius 2 is 1.03 bits per heavy atom. The minimum Gasteiger partial charge on any atom is -0.343 e. The normalized spacial score (nSPS) is 11.5. The predicted octanol–water partition coefficient (Wildman–Crippen LogP) is 4.93. The molecule has 4 heteroatoms. The van der Waals surface area contributed by atoms with Crippen LogP contribution in [0.15, 0.2) is 121 Å². The first-order valence-electron chi connectivity index (χ1n) is 11.0. The van der Waals surface area contributed by atoms with Crippen LogP contribution in [-0.4, -0.2) is 17.9 Å². The molecule has 164 valence electrons. The van der Waals surface area contributed by atoms with Gasteiger partial charge in [0, 0.05) is 12.0 Å². The Hall–Kier alpha value is -4.18. The van der Waals surface area contributed by atoms with E-state index in [2.05, 4.69) is 10.6 Å². The Kier molecular flexibility index (Phi) is 7.29. The molecule has 2 amide bonds. The van der Waals surface area contributed by atoms with Gasteiger partial charge >= 0.3 is 0 Å². The molecule has 0 saturated heterocycles. The molecule has 0 radical (unpaired) electrons. The third-order valence-corrected chi connectivity index (χ3v) is 5.49. The minimum atomic E-state index is -0.727. The van der Waals surface area contributed by atoms with Gasteiger partial charge in [0.1, 0.15) is 6.04 Å². The molecule has 4 nitrogen and oxygen atoms in total. The second kappa shape index (κ2) is 10.9. The van der Waals surface area contributed by atoms with Gasteiger partial charge in [-0.1, -0.05) is 109 Å². The lowest BCUT2D eigenvalue weighted by Crippen LogP contribution is -2.49. The van der Waals surface area contributed by atoms with Gasteiger partial charge in [-0.15, -0.1) is 0 Å². The van der Waals surface area contributed by atoms with Crippen LogP contribution in [0.5, 0.6) is 0 Å². The molecule has 0 aliphatic carbocycles. The monoisotopic (exact) mass is 434 g/mol. The molecule has 4 aromatic rings. The Balaban J connectivity index is 1.60. The highest BCUT2D eigenvalue weighted by atomic mass is 16.2. The molecule has 4 rings (SSSR count). The van der Waals surface area contributed by atoms with Crippen molar-refractivity contribution < 1.29 is 9.59 Å². The zero-order valence-electron chi connectivity index (χ0n) is 18.2. The maximum atomic E-state index is 13.5. The summed E-state index contributed by atoms with van der Waals surface area (Å²) in [5, 5.41) is 6.11. The van der Waals surface area contributed by atoms with Crippen LogP contribution in [0.4, 0.5) is 0 Å². The molecule has 0 spiro atoms. The molecule has 0 aromatic heterocycles. The highest BCUT2D eigenvalue weighted by molar-refractivity contribution is 5.97. The van der Waals surface area contributed by atoms with Gasteiger partial charge in [-0.3, -0.25) is 9.59 Å². The van der Waals surface area contributed by atoms with Crippen molar-refractivity contribution in [3.8, 4) is 0 Å². The molecule has 2 N–H and O–H groups in total. The lowest BCUT2D eigenvalue weighted by molar-refractivity contribution is -0.123. The number of carbonyl (C=O) groups is 2. The minimum absolute atomic E-state index is 0.235. The number of carbonyl (C=O) groups excluding carboxylic acids is 2. The van der Waals surface area contributed by atoms with Gasteiger partial charge in [0.05, 0.1) is 6.04 Å². The standard InChI is InChI=1S/C29H26N2O2/c32-28(25-19-11-4-12-20-25)30-26(21-22-13-5-1-6-14-22)29(33)31-27(23-15-7-2-8-16-23)24-17-9-3-10-18-24/h1-20,26-27H,21H2,(H,30,32)(H,31,33). The molecule has 33 heavy (non-hydrogen) atoms. The predicted molar refractivity (Wildman–Crippen MR) is 131 cm³/mol. The summed E-state index contributed by atoms with van der Waals surface area (Å²) in [6.07, 6.45) is 0.390. The van der Waals surface area contributed by atoms with Crippen molar-refractivity contribution in [2.45, 2.75) is 18.5 Å². The molecule has 1 unspecified atom stereocenters. The summed E-state index contributed by atoms with van der Waals surface area (Å²) in [4.78, 5) is 26.4. The second-order valence-corrected chi connectivity index (χ2v) is 7.84. The molecular weight excluding hydrogens is 408 g/mol. The van der Waals surface area contributed by atoms with Gasteiger partial charge in [-0.25, -0.2) is 0 Å². The number of nitrogens with one attached hydrogen (secondary N) is 2. The van der Waals surface area contributed by atoms with E-state index in [1.165, 1.54) is 0 Å². The molecule has 0 aliphatic rings. The van der Waals surface area contributed by atoms with Gasteiger partial charge in [-0.05, 0) is 28.8 Å². The number of benzene rings is 4. The topological polar surface area (TPSA) is 58.2 Å². The lowest BCUT2D eigenvalue weighted by atomic mass is 9.97. The molecule has 0 bridgehead atoms. The third kappa shape index (κ3) is 5.95. The van der Waals surface area contributed by atoms with Gasteiger partial charge in [-0.2, -0.15) is 0 Å². The van der Waals surface area contributed by atoms with E-state index in [0.717, 1.165) is 16.7 Å². The molecular formula is C29H26N2O2. The maximum absolute atomic E-state index is 13.5. The molecule has 1 atom stereocenters. The van der Waals surface area contributed by atoms with Gasteiger partial charge in [0.25, 0.3) is 5.91 Å². The fourth-order valence-electron chi connectivity index (χ4n) is 3.78. The third-order valence-electron chi connectivity index (χ3n) is 5.49. The van der Waals surface area contributed by atoms with E-state index in [9.17, 15) is 9.59 Å². The summed E-state index contributed by atoms with van der Waals surface area (Å²) in [6.45, 7) is 0. The second-order valence-electron chi connectivity index (χ2n) is 7.84. The molecule has 0 fully saturated rings. The first-order chi connectivity index (χ1) is 16.2. The summed E-state index contributed by atoms with van der Waals surface area (Å²) >= 11 is 0. The first kappa shape index (κ1) is 22.0. The molecule has 0 saturated carbocycles. The van der Waals surface area contributed by atoms with Gasteiger partial charge in [0.2, 0.25) is 5.91 Å². The van der Waals surface area contributed by atoms with Crippen LogP contribution in [0.2, 0.25) is 0 Å². The quantitative estimate of drug-likeness (QED) is 0.413. The van der Waals surface area contributed by atoms with Crippen molar-refractivity contribution in [2.24, 2.45) is 0 Å². The van der Waals surface area contributed by atoms with E-state index in [0.29, 0.717) is 12.0 Å². The van der Waals surface area contributed by atoms with Crippen LogP contribution < -0.4 is 10.6 Å². The summed E-state index contributed by atoms with van der Waals surface area (Å²) in [6, 6.07) is 37.3. The van der Waals surface area contributed by atoms with E-state index in [1.54, 1.807) is 12.1 Å². The van der Waals surface area contributed by atoms with Crippen LogP contribution in [0, 0.1) is 0 Å². The van der Waals surface area contributed by atoms with Crippen LogP contribution in [0.1, 0.15) is 33.1 Å². The van der Waals surface area contributed by atoms with Crippen molar-refractivity contribution in [3.63, 3.8) is 0 Å². The van der Waals surface area contributed by atoms with Gasteiger partial charge < -0.3 is 10.6 Å². The zero-order valence-corrected chi connectivity index (χ0v) is 18.2. The number of amides is 2. The van der Waals surface area contributed by atoms with Crippen molar-refractivity contribution in [1.29, 1.82) is 0 Å². The molecule has 0 heterocycles. The van der Waals surface area contributed by atoms with E-state index in [-0.39, 0.29) is 17.9 Å². The lowest BCUT2D eigenvalue weighted by Gasteiger charge is -2.24. The fourth-order valence-corrected chi connectivity index (χ4v) is 3.78. The SMILES string of the molecule is O=C(NC(Cc1ccccc1)C(=O)NC(c1ccccc1)c1ccccc1)c1ccccc1. The Bertz CT molecular complexity index is 1120. The van der Waals surface area contributed by atoms with Crippen molar-refractivity contribution in [1.82, 2.24) is 10.6 Å². The summed E-state index contributed by atoms with van der Waals surface area (Å²) < 4.78 is 0.